The van der Waals surface area contributed by atoms with Gasteiger partial charge >= 0.3 is 0 Å². The van der Waals surface area contributed by atoms with E-state index in [-0.39, 0.29) is 5.91 Å². The Balaban J connectivity index is 1.80. The molecule has 1 aliphatic rings. The van der Waals surface area contributed by atoms with E-state index in [4.69, 9.17) is 0 Å². The standard InChI is InChI=1S/C16H24BrN3O/c1-12-8-14(17)5-6-15(12)19-16(21)11-20(2)10-13-4-3-7-18-9-13/h5-6,8,13,18H,3-4,7,9-11H2,1-2H3,(H,19,21). The topological polar surface area (TPSA) is 44.4 Å². The summed E-state index contributed by atoms with van der Waals surface area (Å²) in [7, 11) is 2.02. The van der Waals surface area contributed by atoms with Crippen molar-refractivity contribution >= 4 is 27.5 Å². The zero-order valence-electron chi connectivity index (χ0n) is 12.8. The smallest absolute Gasteiger partial charge is 0.238 e. The van der Waals surface area contributed by atoms with Gasteiger partial charge in [-0.3, -0.25) is 9.69 Å². The van der Waals surface area contributed by atoms with E-state index in [1.54, 1.807) is 0 Å². The molecule has 5 heteroatoms. The van der Waals surface area contributed by atoms with E-state index in [1.165, 1.54) is 12.8 Å². The first-order chi connectivity index (χ1) is 10.0. The van der Waals surface area contributed by atoms with Crippen molar-refractivity contribution in [1.29, 1.82) is 0 Å². The fourth-order valence-electron chi connectivity index (χ4n) is 2.79. The summed E-state index contributed by atoms with van der Waals surface area (Å²) in [6, 6.07) is 5.88. The third-order valence-electron chi connectivity index (χ3n) is 3.84. The number of amides is 1. The molecule has 1 unspecified atom stereocenters. The number of carbonyl (C=O) groups is 1. The van der Waals surface area contributed by atoms with Crippen molar-refractivity contribution in [2.45, 2.75) is 19.8 Å². The van der Waals surface area contributed by atoms with Crippen LogP contribution in [0.1, 0.15) is 18.4 Å². The Morgan fingerprint density at radius 3 is 3.00 bits per heavy atom. The van der Waals surface area contributed by atoms with E-state index >= 15 is 0 Å². The quantitative estimate of drug-likeness (QED) is 0.855. The minimum atomic E-state index is 0.0479. The maximum Gasteiger partial charge on any atom is 0.238 e. The lowest BCUT2D eigenvalue weighted by molar-refractivity contribution is -0.117. The monoisotopic (exact) mass is 353 g/mol. The fourth-order valence-corrected chi connectivity index (χ4v) is 3.26. The molecule has 2 N–H and O–H groups in total. The predicted octanol–water partition coefficient (Wildman–Crippen LogP) is 2.63. The number of anilines is 1. The number of nitrogens with zero attached hydrogens (tertiary/aromatic N) is 1. The van der Waals surface area contributed by atoms with Crippen LogP contribution in [-0.4, -0.2) is 44.0 Å². The van der Waals surface area contributed by atoms with Gasteiger partial charge in [-0.25, -0.2) is 0 Å². The molecule has 0 radical (unpaired) electrons. The minimum absolute atomic E-state index is 0.0479. The van der Waals surface area contributed by atoms with Crippen LogP contribution in [0.25, 0.3) is 0 Å². The number of likely N-dealkylation sites (N-methyl/N-ethyl adjacent to an activating group) is 1. The van der Waals surface area contributed by atoms with E-state index in [1.807, 2.05) is 32.2 Å². The second-order valence-electron chi connectivity index (χ2n) is 5.92. The highest BCUT2D eigenvalue weighted by Gasteiger charge is 2.16. The predicted molar refractivity (Wildman–Crippen MR) is 90.6 cm³/mol. The average molecular weight is 354 g/mol. The molecule has 0 bridgehead atoms. The first kappa shape index (κ1) is 16.5. The van der Waals surface area contributed by atoms with Crippen LogP contribution in [0.2, 0.25) is 0 Å². The van der Waals surface area contributed by atoms with Crippen LogP contribution in [0.15, 0.2) is 22.7 Å². The Kier molecular flexibility index (Phi) is 6.21. The third-order valence-corrected chi connectivity index (χ3v) is 4.34. The second-order valence-corrected chi connectivity index (χ2v) is 6.83. The van der Waals surface area contributed by atoms with Crippen molar-refractivity contribution in [3.63, 3.8) is 0 Å². The molecule has 4 nitrogen and oxygen atoms in total. The van der Waals surface area contributed by atoms with Gasteiger partial charge in [0.2, 0.25) is 5.91 Å². The Morgan fingerprint density at radius 1 is 1.52 bits per heavy atom. The van der Waals surface area contributed by atoms with E-state index < -0.39 is 0 Å². The van der Waals surface area contributed by atoms with Crippen LogP contribution in [-0.2, 0) is 4.79 Å². The van der Waals surface area contributed by atoms with Crippen LogP contribution in [0.4, 0.5) is 5.69 Å². The van der Waals surface area contributed by atoms with Crippen LogP contribution in [0, 0.1) is 12.8 Å². The lowest BCUT2D eigenvalue weighted by atomic mass is 9.99. The number of carbonyl (C=O) groups excluding carboxylic acids is 1. The van der Waals surface area contributed by atoms with Gasteiger partial charge < -0.3 is 10.6 Å². The van der Waals surface area contributed by atoms with Crippen LogP contribution >= 0.6 is 15.9 Å². The van der Waals surface area contributed by atoms with Gasteiger partial charge in [0, 0.05) is 16.7 Å². The zero-order chi connectivity index (χ0) is 15.2. The van der Waals surface area contributed by atoms with Crippen molar-refractivity contribution in [2.24, 2.45) is 5.92 Å². The van der Waals surface area contributed by atoms with Crippen LogP contribution in [0.3, 0.4) is 0 Å². The summed E-state index contributed by atoms with van der Waals surface area (Å²) >= 11 is 3.43. The Morgan fingerprint density at radius 2 is 2.33 bits per heavy atom. The molecule has 0 aliphatic carbocycles. The van der Waals surface area contributed by atoms with Gasteiger partial charge in [-0.05, 0) is 69.6 Å². The van der Waals surface area contributed by atoms with Gasteiger partial charge in [0.05, 0.1) is 6.54 Å². The number of nitrogens with one attached hydrogen (secondary N) is 2. The highest BCUT2D eigenvalue weighted by atomic mass is 79.9. The molecule has 0 saturated carbocycles. The van der Waals surface area contributed by atoms with Crippen molar-refractivity contribution < 1.29 is 4.79 Å². The number of hydrogen-bond acceptors (Lipinski definition) is 3. The molecular formula is C16H24BrN3O. The molecule has 21 heavy (non-hydrogen) atoms. The van der Waals surface area contributed by atoms with E-state index in [9.17, 15) is 4.79 Å². The van der Waals surface area contributed by atoms with Gasteiger partial charge in [0.1, 0.15) is 0 Å². The molecule has 1 fully saturated rings. The normalized spacial score (nSPS) is 18.8. The summed E-state index contributed by atoms with van der Waals surface area (Å²) in [5.74, 6) is 0.706. The van der Waals surface area contributed by atoms with Crippen molar-refractivity contribution in [3.05, 3.63) is 28.2 Å². The van der Waals surface area contributed by atoms with Crippen LogP contribution < -0.4 is 10.6 Å². The Bertz CT molecular complexity index is 486. The molecule has 1 heterocycles. The summed E-state index contributed by atoms with van der Waals surface area (Å²) in [5.41, 5.74) is 1.95. The summed E-state index contributed by atoms with van der Waals surface area (Å²) in [4.78, 5) is 14.2. The maximum atomic E-state index is 12.1. The van der Waals surface area contributed by atoms with E-state index in [0.29, 0.717) is 12.5 Å². The number of aryl methyl sites for hydroxylation is 1. The highest BCUT2D eigenvalue weighted by molar-refractivity contribution is 9.10. The SMILES string of the molecule is Cc1cc(Br)ccc1NC(=O)CN(C)CC1CCCNC1. The molecule has 1 atom stereocenters. The number of rotatable bonds is 5. The highest BCUT2D eigenvalue weighted by Crippen LogP contribution is 2.20. The zero-order valence-corrected chi connectivity index (χ0v) is 14.4. The third kappa shape index (κ3) is 5.41. The van der Waals surface area contributed by atoms with Gasteiger partial charge in [-0.1, -0.05) is 15.9 Å². The molecule has 1 amide bonds. The minimum Gasteiger partial charge on any atom is -0.325 e. The van der Waals surface area contributed by atoms with Crippen molar-refractivity contribution in [3.8, 4) is 0 Å². The molecule has 116 valence electrons. The van der Waals surface area contributed by atoms with Crippen molar-refractivity contribution in [1.82, 2.24) is 10.2 Å². The molecule has 0 spiro atoms. The molecule has 1 saturated heterocycles. The molecule has 0 aromatic heterocycles. The molecule has 1 aliphatic heterocycles. The number of hydrogen-bond donors (Lipinski definition) is 2. The largest absolute Gasteiger partial charge is 0.325 e. The average Bonchev–Trinajstić information content (AvgIpc) is 2.43. The number of benzene rings is 1. The first-order valence-electron chi connectivity index (χ1n) is 7.50. The summed E-state index contributed by atoms with van der Waals surface area (Å²) in [6.07, 6.45) is 2.49. The Labute approximate surface area is 135 Å². The lowest BCUT2D eigenvalue weighted by Crippen LogP contribution is -2.39. The molecule has 2 rings (SSSR count). The fraction of sp³-hybridized carbons (Fsp3) is 0.562. The Hall–Kier alpha value is -0.910. The van der Waals surface area contributed by atoms with Gasteiger partial charge in [0.25, 0.3) is 0 Å². The summed E-state index contributed by atoms with van der Waals surface area (Å²) < 4.78 is 1.03. The van der Waals surface area contributed by atoms with Crippen molar-refractivity contribution in [2.75, 3.05) is 38.5 Å². The first-order valence-corrected chi connectivity index (χ1v) is 8.29. The van der Waals surface area contributed by atoms with Crippen LogP contribution in [0.5, 0.6) is 0 Å². The van der Waals surface area contributed by atoms with Gasteiger partial charge in [-0.15, -0.1) is 0 Å². The summed E-state index contributed by atoms with van der Waals surface area (Å²) in [5, 5.41) is 6.40. The van der Waals surface area contributed by atoms with E-state index in [2.05, 4.69) is 31.5 Å². The summed E-state index contributed by atoms with van der Waals surface area (Å²) in [6.45, 7) is 5.60. The number of piperidine rings is 1. The van der Waals surface area contributed by atoms with E-state index in [0.717, 1.165) is 35.4 Å². The van der Waals surface area contributed by atoms with Gasteiger partial charge in [-0.2, -0.15) is 0 Å². The molecule has 1 aromatic rings. The second kappa shape index (κ2) is 7.92. The molecular weight excluding hydrogens is 330 g/mol. The number of halogens is 1. The maximum absolute atomic E-state index is 12.1. The lowest BCUT2D eigenvalue weighted by Gasteiger charge is -2.27. The molecule has 1 aromatic carbocycles. The van der Waals surface area contributed by atoms with Gasteiger partial charge in [0.15, 0.2) is 0 Å².